The third-order valence-electron chi connectivity index (χ3n) is 2.91. The van der Waals surface area contributed by atoms with Crippen LogP contribution in [0.5, 0.6) is 5.75 Å². The Morgan fingerprint density at radius 2 is 2.20 bits per heavy atom. The molecule has 1 aromatic carbocycles. The largest absolute Gasteiger partial charge is 0.482 e. The Balaban J connectivity index is 2.02. The van der Waals surface area contributed by atoms with Gasteiger partial charge in [-0.05, 0) is 47.1 Å². The van der Waals surface area contributed by atoms with E-state index in [4.69, 9.17) is 4.74 Å². The van der Waals surface area contributed by atoms with Crippen LogP contribution in [0.1, 0.15) is 20.1 Å². The van der Waals surface area contributed by atoms with Crippen LogP contribution in [-0.2, 0) is 4.79 Å². The van der Waals surface area contributed by atoms with Crippen molar-refractivity contribution in [3.05, 3.63) is 44.1 Å². The predicted octanol–water partition coefficient (Wildman–Crippen LogP) is 3.38. The molecule has 1 aliphatic heterocycles. The molecular weight excluding hydrogens is 342 g/mol. The van der Waals surface area contributed by atoms with Gasteiger partial charge in [-0.1, -0.05) is 0 Å². The molecule has 1 amide bonds. The molecule has 0 fully saturated rings. The first-order chi connectivity index (χ1) is 9.54. The Morgan fingerprint density at radius 1 is 1.40 bits per heavy atom. The molecule has 102 valence electrons. The number of aryl methyl sites for hydroxylation is 1. The van der Waals surface area contributed by atoms with Crippen molar-refractivity contribution in [2.75, 3.05) is 11.9 Å². The summed E-state index contributed by atoms with van der Waals surface area (Å²) in [6, 6.07) is 7.09. The SMILES string of the molecule is Cc1ccc(C(=O)c2cc3c(cc2Br)NC(=O)CO3)s1. The summed E-state index contributed by atoms with van der Waals surface area (Å²) in [6.45, 7) is 1.93. The highest BCUT2D eigenvalue weighted by Gasteiger charge is 2.21. The molecule has 2 aromatic rings. The maximum atomic E-state index is 12.5. The van der Waals surface area contributed by atoms with Crippen molar-refractivity contribution in [1.82, 2.24) is 0 Å². The monoisotopic (exact) mass is 351 g/mol. The van der Waals surface area contributed by atoms with Crippen molar-refractivity contribution < 1.29 is 14.3 Å². The number of benzene rings is 1. The van der Waals surface area contributed by atoms with Crippen molar-refractivity contribution in [2.45, 2.75) is 6.92 Å². The number of rotatable bonds is 2. The van der Waals surface area contributed by atoms with Crippen molar-refractivity contribution in [2.24, 2.45) is 0 Å². The van der Waals surface area contributed by atoms with Gasteiger partial charge in [-0.25, -0.2) is 0 Å². The normalized spacial score (nSPS) is 13.4. The number of fused-ring (bicyclic) bond motifs is 1. The Morgan fingerprint density at radius 3 is 2.90 bits per heavy atom. The molecule has 0 aliphatic carbocycles. The van der Waals surface area contributed by atoms with E-state index in [2.05, 4.69) is 21.2 Å². The van der Waals surface area contributed by atoms with E-state index in [1.807, 2.05) is 19.1 Å². The first-order valence-corrected chi connectivity index (χ1v) is 7.53. The summed E-state index contributed by atoms with van der Waals surface area (Å²) in [5.74, 6) is 0.264. The second-order valence-electron chi connectivity index (χ2n) is 4.40. The van der Waals surface area contributed by atoms with Gasteiger partial charge in [-0.3, -0.25) is 9.59 Å². The van der Waals surface area contributed by atoms with Crippen molar-refractivity contribution in [3.8, 4) is 5.75 Å². The van der Waals surface area contributed by atoms with Crippen molar-refractivity contribution in [1.29, 1.82) is 0 Å². The lowest BCUT2D eigenvalue weighted by atomic mass is 10.1. The third kappa shape index (κ3) is 2.36. The minimum absolute atomic E-state index is 0.0274. The van der Waals surface area contributed by atoms with Crippen LogP contribution < -0.4 is 10.1 Å². The zero-order valence-corrected chi connectivity index (χ0v) is 12.9. The average molecular weight is 352 g/mol. The zero-order chi connectivity index (χ0) is 14.3. The van der Waals surface area contributed by atoms with Crippen LogP contribution >= 0.6 is 27.3 Å². The molecule has 2 heterocycles. The number of hydrogen-bond donors (Lipinski definition) is 1. The van der Waals surface area contributed by atoms with E-state index in [-0.39, 0.29) is 18.3 Å². The van der Waals surface area contributed by atoms with Crippen LogP contribution in [-0.4, -0.2) is 18.3 Å². The third-order valence-corrected chi connectivity index (χ3v) is 4.57. The topological polar surface area (TPSA) is 55.4 Å². The maximum absolute atomic E-state index is 12.5. The van der Waals surface area contributed by atoms with Crippen LogP contribution in [0.3, 0.4) is 0 Å². The fourth-order valence-electron chi connectivity index (χ4n) is 1.96. The van der Waals surface area contributed by atoms with E-state index in [0.717, 1.165) is 4.88 Å². The Labute approximate surface area is 127 Å². The fraction of sp³-hybridized carbons (Fsp3) is 0.143. The van der Waals surface area contributed by atoms with Crippen LogP contribution in [0.25, 0.3) is 0 Å². The second kappa shape index (κ2) is 5.03. The van der Waals surface area contributed by atoms with Gasteiger partial charge in [-0.15, -0.1) is 11.3 Å². The zero-order valence-electron chi connectivity index (χ0n) is 10.5. The predicted molar refractivity (Wildman–Crippen MR) is 80.8 cm³/mol. The molecule has 0 radical (unpaired) electrons. The average Bonchev–Trinajstić information content (AvgIpc) is 2.84. The lowest BCUT2D eigenvalue weighted by Crippen LogP contribution is -2.25. The highest BCUT2D eigenvalue weighted by Crippen LogP contribution is 2.35. The van der Waals surface area contributed by atoms with Crippen molar-refractivity contribution in [3.63, 3.8) is 0 Å². The number of nitrogens with one attached hydrogen (secondary N) is 1. The molecule has 0 atom stereocenters. The molecule has 0 saturated heterocycles. The van der Waals surface area contributed by atoms with Gasteiger partial charge in [0.05, 0.1) is 10.6 Å². The summed E-state index contributed by atoms with van der Waals surface area (Å²) >= 11 is 4.83. The van der Waals surface area contributed by atoms with Gasteiger partial charge >= 0.3 is 0 Å². The molecule has 0 unspecified atom stereocenters. The van der Waals surface area contributed by atoms with Gasteiger partial charge in [0.1, 0.15) is 5.75 Å². The van der Waals surface area contributed by atoms with Gasteiger partial charge in [-0.2, -0.15) is 0 Å². The number of carbonyl (C=O) groups is 2. The summed E-state index contributed by atoms with van der Waals surface area (Å²) in [6.07, 6.45) is 0. The number of halogens is 1. The smallest absolute Gasteiger partial charge is 0.262 e. The number of carbonyl (C=O) groups excluding carboxylic acids is 2. The van der Waals surface area contributed by atoms with Crippen LogP contribution in [0.2, 0.25) is 0 Å². The first-order valence-electron chi connectivity index (χ1n) is 5.92. The quantitative estimate of drug-likeness (QED) is 0.843. The molecule has 0 saturated carbocycles. The van der Waals surface area contributed by atoms with E-state index < -0.39 is 0 Å². The molecule has 3 rings (SSSR count). The fourth-order valence-corrected chi connectivity index (χ4v) is 3.31. The number of hydrogen-bond acceptors (Lipinski definition) is 4. The lowest BCUT2D eigenvalue weighted by Gasteiger charge is -2.19. The number of ketones is 1. The van der Waals surface area contributed by atoms with E-state index in [9.17, 15) is 9.59 Å². The molecule has 4 nitrogen and oxygen atoms in total. The van der Waals surface area contributed by atoms with E-state index >= 15 is 0 Å². The summed E-state index contributed by atoms with van der Waals surface area (Å²) in [4.78, 5) is 25.5. The van der Waals surface area contributed by atoms with E-state index in [1.165, 1.54) is 11.3 Å². The van der Waals surface area contributed by atoms with Crippen LogP contribution in [0, 0.1) is 6.92 Å². The maximum Gasteiger partial charge on any atom is 0.262 e. The highest BCUT2D eigenvalue weighted by molar-refractivity contribution is 9.10. The highest BCUT2D eigenvalue weighted by atomic mass is 79.9. The number of ether oxygens (including phenoxy) is 1. The van der Waals surface area contributed by atoms with Gasteiger partial charge in [0.25, 0.3) is 5.91 Å². The van der Waals surface area contributed by atoms with Gasteiger partial charge in [0.2, 0.25) is 5.78 Å². The summed E-state index contributed by atoms with van der Waals surface area (Å²) in [5, 5.41) is 2.71. The second-order valence-corrected chi connectivity index (χ2v) is 6.55. The van der Waals surface area contributed by atoms with E-state index in [1.54, 1.807) is 12.1 Å². The minimum atomic E-state index is -0.197. The molecule has 1 N–H and O–H groups in total. The van der Waals surface area contributed by atoms with E-state index in [0.29, 0.717) is 26.4 Å². The molecule has 1 aromatic heterocycles. The first kappa shape index (κ1) is 13.3. The van der Waals surface area contributed by atoms with Gasteiger partial charge in [0.15, 0.2) is 6.61 Å². The molecular formula is C14H10BrNO3S. The summed E-state index contributed by atoms with van der Waals surface area (Å²) < 4.78 is 5.98. The number of thiophene rings is 1. The Hall–Kier alpha value is -1.66. The minimum Gasteiger partial charge on any atom is -0.482 e. The summed E-state index contributed by atoms with van der Waals surface area (Å²) in [7, 11) is 0. The number of anilines is 1. The summed E-state index contributed by atoms with van der Waals surface area (Å²) in [5.41, 5.74) is 1.11. The molecule has 0 bridgehead atoms. The molecule has 0 spiro atoms. The van der Waals surface area contributed by atoms with Gasteiger partial charge < -0.3 is 10.1 Å². The molecule has 1 aliphatic rings. The Bertz CT molecular complexity index is 723. The standard InChI is InChI=1S/C14H10BrNO3S/c1-7-2-3-12(20-7)14(18)8-4-11-10(5-9(8)15)16-13(17)6-19-11/h2-5H,6H2,1H3,(H,16,17). The Kier molecular flexibility index (Phi) is 3.35. The molecule has 20 heavy (non-hydrogen) atoms. The lowest BCUT2D eigenvalue weighted by molar-refractivity contribution is -0.118. The van der Waals surface area contributed by atoms with Crippen molar-refractivity contribution >= 4 is 44.6 Å². The van der Waals surface area contributed by atoms with Gasteiger partial charge in [0, 0.05) is 14.9 Å². The van der Waals surface area contributed by atoms with Crippen LogP contribution in [0.4, 0.5) is 5.69 Å². The van der Waals surface area contributed by atoms with Crippen LogP contribution in [0.15, 0.2) is 28.7 Å². The molecule has 6 heteroatoms. The number of amides is 1.